The summed E-state index contributed by atoms with van der Waals surface area (Å²) in [5.74, 6) is 0. The SMILES string of the molecule is CCCCCP(=O)(O)CCCCC.[Nd]. The van der Waals surface area contributed by atoms with Gasteiger partial charge < -0.3 is 4.89 Å². The molecule has 0 amide bonds. The van der Waals surface area contributed by atoms with Gasteiger partial charge in [0.15, 0.2) is 0 Å². The van der Waals surface area contributed by atoms with Crippen LogP contribution in [0.3, 0.4) is 0 Å². The summed E-state index contributed by atoms with van der Waals surface area (Å²) in [4.78, 5) is 9.52. The van der Waals surface area contributed by atoms with E-state index in [1.807, 2.05) is 0 Å². The monoisotopic (exact) mass is 348 g/mol. The first-order valence-corrected chi connectivity index (χ1v) is 7.46. The van der Waals surface area contributed by atoms with Crippen molar-refractivity contribution in [2.45, 2.75) is 52.4 Å². The third-order valence-corrected chi connectivity index (χ3v) is 4.25. The molecule has 0 aromatic heterocycles. The van der Waals surface area contributed by atoms with Gasteiger partial charge in [0.05, 0.1) is 0 Å². The first-order valence-electron chi connectivity index (χ1n) is 5.43. The number of hydrogen-bond donors (Lipinski definition) is 1. The van der Waals surface area contributed by atoms with E-state index in [4.69, 9.17) is 0 Å². The fourth-order valence-electron chi connectivity index (χ4n) is 1.33. The van der Waals surface area contributed by atoms with Crippen LogP contribution in [0.1, 0.15) is 52.4 Å². The summed E-state index contributed by atoms with van der Waals surface area (Å²) < 4.78 is 11.5. The van der Waals surface area contributed by atoms with Crippen LogP contribution in [0.15, 0.2) is 0 Å². The van der Waals surface area contributed by atoms with E-state index in [0.717, 1.165) is 38.5 Å². The first-order chi connectivity index (χ1) is 6.12. The van der Waals surface area contributed by atoms with E-state index >= 15 is 0 Å². The molecule has 0 heterocycles. The molecule has 0 aliphatic rings. The summed E-state index contributed by atoms with van der Waals surface area (Å²) in [7, 11) is -2.75. The molecule has 0 aromatic carbocycles. The molecule has 0 radical (unpaired) electrons. The summed E-state index contributed by atoms with van der Waals surface area (Å²) in [6.45, 7) is 4.22. The number of hydrogen-bond acceptors (Lipinski definition) is 1. The molecule has 0 bridgehead atoms. The summed E-state index contributed by atoms with van der Waals surface area (Å²) in [5, 5.41) is 0. The maximum atomic E-state index is 11.5. The van der Waals surface area contributed by atoms with Gasteiger partial charge in [-0.2, -0.15) is 0 Å². The van der Waals surface area contributed by atoms with Gasteiger partial charge in [-0.15, -0.1) is 0 Å². The Labute approximate surface area is 121 Å². The van der Waals surface area contributed by atoms with Crippen LogP contribution >= 0.6 is 7.37 Å². The minimum Gasteiger partial charge on any atom is -0.344 e. The zero-order chi connectivity index (χ0) is 10.2. The Morgan fingerprint density at radius 3 is 1.57 bits per heavy atom. The predicted octanol–water partition coefficient (Wildman–Crippen LogP) is 3.64. The topological polar surface area (TPSA) is 37.3 Å². The molecule has 0 fully saturated rings. The summed E-state index contributed by atoms with van der Waals surface area (Å²) in [5.41, 5.74) is 0. The van der Waals surface area contributed by atoms with Crippen LogP contribution in [0.5, 0.6) is 0 Å². The Hall–Kier alpha value is 1.54. The van der Waals surface area contributed by atoms with Crippen LogP contribution in [0.4, 0.5) is 0 Å². The zero-order valence-corrected chi connectivity index (χ0v) is 13.6. The van der Waals surface area contributed by atoms with Crippen molar-refractivity contribution >= 4 is 7.37 Å². The van der Waals surface area contributed by atoms with E-state index in [9.17, 15) is 9.46 Å². The van der Waals surface area contributed by atoms with Crippen molar-refractivity contribution in [3.8, 4) is 0 Å². The zero-order valence-electron chi connectivity index (χ0n) is 9.46. The summed E-state index contributed by atoms with van der Waals surface area (Å²) in [6.07, 6.45) is 7.29. The van der Waals surface area contributed by atoms with Crippen LogP contribution in [0, 0.1) is 40.8 Å². The Morgan fingerprint density at radius 1 is 0.929 bits per heavy atom. The van der Waals surface area contributed by atoms with E-state index < -0.39 is 7.37 Å². The second kappa shape index (κ2) is 11.0. The third kappa shape index (κ3) is 11.6. The maximum Gasteiger partial charge on any atom is 0.200 e. The molecule has 0 aromatic rings. The largest absolute Gasteiger partial charge is 0.344 e. The normalized spacial score (nSPS) is 11.1. The van der Waals surface area contributed by atoms with Crippen molar-refractivity contribution in [3.63, 3.8) is 0 Å². The number of rotatable bonds is 8. The van der Waals surface area contributed by atoms with Crippen LogP contribution in [-0.2, 0) is 4.57 Å². The standard InChI is InChI=1S/C10H23O2P.Nd/c1-3-5-7-9-13(11,12)10-8-6-4-2;/h3-10H2,1-2H3,(H,11,12);. The smallest absolute Gasteiger partial charge is 0.200 e. The van der Waals surface area contributed by atoms with E-state index in [1.54, 1.807) is 0 Å². The molecule has 0 aliphatic carbocycles. The van der Waals surface area contributed by atoms with Gasteiger partial charge in [-0.3, -0.25) is 4.57 Å². The van der Waals surface area contributed by atoms with Crippen LogP contribution < -0.4 is 0 Å². The minimum absolute atomic E-state index is 0. The van der Waals surface area contributed by atoms with Crippen molar-refractivity contribution in [2.75, 3.05) is 12.3 Å². The van der Waals surface area contributed by atoms with Gasteiger partial charge in [0.2, 0.25) is 7.37 Å². The Balaban J connectivity index is 0. The molecule has 0 saturated heterocycles. The molecule has 0 saturated carbocycles. The van der Waals surface area contributed by atoms with Gasteiger partial charge in [-0.1, -0.05) is 39.5 Å². The molecule has 0 rings (SSSR count). The van der Waals surface area contributed by atoms with Crippen molar-refractivity contribution in [1.82, 2.24) is 0 Å². The molecule has 0 spiro atoms. The van der Waals surface area contributed by atoms with Crippen molar-refractivity contribution in [1.29, 1.82) is 0 Å². The molecule has 2 nitrogen and oxygen atoms in total. The van der Waals surface area contributed by atoms with Crippen LogP contribution in [0.25, 0.3) is 0 Å². The van der Waals surface area contributed by atoms with Crippen LogP contribution in [-0.4, -0.2) is 17.2 Å². The van der Waals surface area contributed by atoms with E-state index in [-0.39, 0.29) is 40.8 Å². The van der Waals surface area contributed by atoms with Gasteiger partial charge in [0.1, 0.15) is 0 Å². The maximum absolute atomic E-state index is 11.5. The fourth-order valence-corrected chi connectivity index (χ4v) is 2.99. The van der Waals surface area contributed by atoms with Gasteiger partial charge in [0, 0.05) is 53.2 Å². The molecule has 0 aliphatic heterocycles. The van der Waals surface area contributed by atoms with Crippen molar-refractivity contribution in [3.05, 3.63) is 0 Å². The quantitative estimate of drug-likeness (QED) is 0.536. The molecule has 0 unspecified atom stereocenters. The molecule has 14 heavy (non-hydrogen) atoms. The summed E-state index contributed by atoms with van der Waals surface area (Å²) >= 11 is 0. The molecular formula is C10H23NdO2P. The Bertz CT molecular complexity index is 148. The van der Waals surface area contributed by atoms with E-state index in [2.05, 4.69) is 13.8 Å². The molecule has 1 N–H and O–H groups in total. The minimum atomic E-state index is -2.75. The summed E-state index contributed by atoms with van der Waals surface area (Å²) in [6, 6.07) is 0. The second-order valence-electron chi connectivity index (χ2n) is 3.71. The first kappa shape index (κ1) is 17.9. The van der Waals surface area contributed by atoms with E-state index in [0.29, 0.717) is 12.3 Å². The predicted molar refractivity (Wildman–Crippen MR) is 58.6 cm³/mol. The van der Waals surface area contributed by atoms with Crippen molar-refractivity contribution < 1.29 is 50.3 Å². The Kier molecular flexibility index (Phi) is 14.1. The third-order valence-electron chi connectivity index (χ3n) is 2.22. The number of unbranched alkanes of at least 4 members (excludes halogenated alkanes) is 4. The molecule has 0 atom stereocenters. The van der Waals surface area contributed by atoms with Crippen molar-refractivity contribution in [2.24, 2.45) is 0 Å². The average molecular weight is 351 g/mol. The van der Waals surface area contributed by atoms with Gasteiger partial charge in [-0.25, -0.2) is 0 Å². The fraction of sp³-hybridized carbons (Fsp3) is 1.00. The second-order valence-corrected chi connectivity index (χ2v) is 6.29. The van der Waals surface area contributed by atoms with E-state index in [1.165, 1.54) is 0 Å². The van der Waals surface area contributed by atoms with Gasteiger partial charge >= 0.3 is 0 Å². The van der Waals surface area contributed by atoms with Gasteiger partial charge in [0.25, 0.3) is 0 Å². The average Bonchev–Trinajstić information content (AvgIpc) is 2.05. The molecular weight excluding hydrogens is 327 g/mol. The molecule has 84 valence electrons. The van der Waals surface area contributed by atoms with Crippen LogP contribution in [0.2, 0.25) is 0 Å². The van der Waals surface area contributed by atoms with Gasteiger partial charge in [-0.05, 0) is 12.8 Å². The molecule has 4 heteroatoms. The Morgan fingerprint density at radius 2 is 1.29 bits per heavy atom.